The van der Waals surface area contributed by atoms with Gasteiger partial charge in [-0.05, 0) is 37.8 Å². The molecule has 1 aliphatic rings. The average Bonchev–Trinajstić information content (AvgIpc) is 2.82. The summed E-state index contributed by atoms with van der Waals surface area (Å²) in [5.41, 5.74) is -0.658. The molecule has 0 spiro atoms. The third kappa shape index (κ3) is 6.53. The van der Waals surface area contributed by atoms with Crippen LogP contribution in [0.25, 0.3) is 0 Å². The van der Waals surface area contributed by atoms with Crippen LogP contribution >= 0.6 is 0 Å². The number of hydrogen-bond donors (Lipinski definition) is 1. The number of ketones is 1. The number of allylic oxidation sites excluding steroid dienone is 4. The molecule has 1 N–H and O–H groups in total. The molecular weight excluding hydrogens is 292 g/mol. The van der Waals surface area contributed by atoms with Crippen molar-refractivity contribution in [1.82, 2.24) is 0 Å². The van der Waals surface area contributed by atoms with E-state index in [0.29, 0.717) is 18.4 Å². The fourth-order valence-electron chi connectivity index (χ4n) is 2.65. The first-order valence-corrected chi connectivity index (χ1v) is 8.43. The predicted molar refractivity (Wildman–Crippen MR) is 90.9 cm³/mol. The van der Waals surface area contributed by atoms with Crippen LogP contribution in [0.15, 0.2) is 36.0 Å². The summed E-state index contributed by atoms with van der Waals surface area (Å²) in [6.07, 6.45) is 15.2. The van der Waals surface area contributed by atoms with E-state index < -0.39 is 5.60 Å². The molecule has 0 aromatic rings. The Morgan fingerprint density at radius 1 is 1.26 bits per heavy atom. The van der Waals surface area contributed by atoms with Crippen molar-refractivity contribution in [2.24, 2.45) is 0 Å². The Labute approximate surface area is 138 Å². The van der Waals surface area contributed by atoms with Crippen molar-refractivity contribution in [3.8, 4) is 0 Å². The molecule has 0 aromatic carbocycles. The maximum Gasteiger partial charge on any atom is 0.305 e. The summed E-state index contributed by atoms with van der Waals surface area (Å²) in [6.45, 7) is 2.02. The molecule has 1 aliphatic carbocycles. The van der Waals surface area contributed by atoms with Gasteiger partial charge >= 0.3 is 5.97 Å². The second-order valence-electron chi connectivity index (χ2n) is 5.88. The number of esters is 1. The van der Waals surface area contributed by atoms with Crippen molar-refractivity contribution in [3.05, 3.63) is 36.0 Å². The van der Waals surface area contributed by atoms with Crippen LogP contribution in [-0.4, -0.2) is 29.6 Å². The van der Waals surface area contributed by atoms with E-state index >= 15 is 0 Å². The molecule has 0 aromatic heterocycles. The topological polar surface area (TPSA) is 63.6 Å². The molecule has 4 nitrogen and oxygen atoms in total. The van der Waals surface area contributed by atoms with E-state index in [1.807, 2.05) is 19.1 Å². The number of unbranched alkanes of at least 4 members (excludes halogenated alkanes) is 4. The number of aliphatic hydroxyl groups is 1. The summed E-state index contributed by atoms with van der Waals surface area (Å²) in [7, 11) is 1.40. The summed E-state index contributed by atoms with van der Waals surface area (Å²) < 4.78 is 4.60. The minimum absolute atomic E-state index is 0.105. The number of carbonyl (C=O) groups excluding carboxylic acids is 2. The zero-order valence-electron chi connectivity index (χ0n) is 14.2. The molecule has 0 aliphatic heterocycles. The van der Waals surface area contributed by atoms with Crippen LogP contribution < -0.4 is 0 Å². The minimum Gasteiger partial charge on any atom is -0.469 e. The monoisotopic (exact) mass is 320 g/mol. The van der Waals surface area contributed by atoms with Crippen molar-refractivity contribution < 1.29 is 19.4 Å². The van der Waals surface area contributed by atoms with E-state index in [2.05, 4.69) is 4.74 Å². The molecule has 0 fully saturated rings. The standard InChI is InChI=1S/C19H28O4/c1-3-4-8-11-16-17(20)13-15-19(16,22)14-10-7-5-6-9-12-18(21)23-2/h4,8,11,13,15,22H,3,5-7,9-10,12,14H2,1-2H3/b8-4+,16-11+/t19-/m0/s1. The first kappa shape index (κ1) is 19.4. The van der Waals surface area contributed by atoms with Crippen molar-refractivity contribution >= 4 is 11.8 Å². The highest BCUT2D eigenvalue weighted by molar-refractivity contribution is 6.09. The lowest BCUT2D eigenvalue weighted by molar-refractivity contribution is -0.140. The van der Waals surface area contributed by atoms with Crippen LogP contribution in [0.5, 0.6) is 0 Å². The maximum atomic E-state index is 11.9. The summed E-state index contributed by atoms with van der Waals surface area (Å²) in [6, 6.07) is 0. The third-order valence-electron chi connectivity index (χ3n) is 4.04. The van der Waals surface area contributed by atoms with Gasteiger partial charge in [-0.15, -0.1) is 0 Å². The van der Waals surface area contributed by atoms with E-state index in [1.165, 1.54) is 13.2 Å². The highest BCUT2D eigenvalue weighted by Crippen LogP contribution is 2.31. The lowest BCUT2D eigenvalue weighted by Gasteiger charge is -2.22. The van der Waals surface area contributed by atoms with Crippen molar-refractivity contribution in [2.45, 2.75) is 63.9 Å². The fourth-order valence-corrected chi connectivity index (χ4v) is 2.65. The maximum absolute atomic E-state index is 11.9. The van der Waals surface area contributed by atoms with Crippen LogP contribution in [0.1, 0.15) is 58.3 Å². The van der Waals surface area contributed by atoms with Crippen molar-refractivity contribution in [2.75, 3.05) is 7.11 Å². The normalized spacial score (nSPS) is 22.4. The molecular formula is C19H28O4. The van der Waals surface area contributed by atoms with Gasteiger partial charge in [0, 0.05) is 12.0 Å². The Morgan fingerprint density at radius 2 is 1.96 bits per heavy atom. The zero-order chi connectivity index (χ0) is 17.1. The second kappa shape index (κ2) is 10.2. The number of rotatable bonds is 10. The van der Waals surface area contributed by atoms with Gasteiger partial charge in [0.2, 0.25) is 0 Å². The third-order valence-corrected chi connectivity index (χ3v) is 4.04. The molecule has 4 heteroatoms. The lowest BCUT2D eigenvalue weighted by atomic mass is 9.90. The van der Waals surface area contributed by atoms with Gasteiger partial charge in [0.25, 0.3) is 0 Å². The van der Waals surface area contributed by atoms with Crippen molar-refractivity contribution in [1.29, 1.82) is 0 Å². The molecule has 0 bridgehead atoms. The van der Waals surface area contributed by atoms with Gasteiger partial charge in [0.05, 0.1) is 7.11 Å². The quantitative estimate of drug-likeness (QED) is 0.379. The Morgan fingerprint density at radius 3 is 2.65 bits per heavy atom. The Kier molecular flexibility index (Phi) is 8.56. The van der Waals surface area contributed by atoms with Crippen LogP contribution in [-0.2, 0) is 14.3 Å². The van der Waals surface area contributed by atoms with Gasteiger partial charge in [-0.25, -0.2) is 0 Å². The molecule has 0 radical (unpaired) electrons. The van der Waals surface area contributed by atoms with E-state index in [0.717, 1.165) is 38.5 Å². The highest BCUT2D eigenvalue weighted by atomic mass is 16.5. The molecule has 23 heavy (non-hydrogen) atoms. The van der Waals surface area contributed by atoms with Gasteiger partial charge in [0.1, 0.15) is 5.60 Å². The summed E-state index contributed by atoms with van der Waals surface area (Å²) >= 11 is 0. The lowest BCUT2D eigenvalue weighted by Crippen LogP contribution is -2.27. The molecule has 1 rings (SSSR count). The Bertz CT molecular complexity index is 488. The zero-order valence-corrected chi connectivity index (χ0v) is 14.2. The molecule has 0 saturated carbocycles. The molecule has 128 valence electrons. The van der Waals surface area contributed by atoms with Gasteiger partial charge in [0.15, 0.2) is 5.78 Å². The molecule has 1 atom stereocenters. The van der Waals surface area contributed by atoms with E-state index in [1.54, 1.807) is 12.2 Å². The number of hydrogen-bond acceptors (Lipinski definition) is 4. The van der Waals surface area contributed by atoms with Gasteiger partial charge in [-0.2, -0.15) is 0 Å². The number of carbonyl (C=O) groups is 2. The average molecular weight is 320 g/mol. The van der Waals surface area contributed by atoms with E-state index in [9.17, 15) is 14.7 Å². The van der Waals surface area contributed by atoms with Crippen LogP contribution in [0.4, 0.5) is 0 Å². The number of methoxy groups -OCH3 is 1. The summed E-state index contributed by atoms with van der Waals surface area (Å²) in [5, 5.41) is 10.7. The summed E-state index contributed by atoms with van der Waals surface area (Å²) in [4.78, 5) is 22.8. The van der Waals surface area contributed by atoms with E-state index in [-0.39, 0.29) is 11.8 Å². The molecule has 0 amide bonds. The van der Waals surface area contributed by atoms with Gasteiger partial charge in [-0.1, -0.05) is 44.4 Å². The van der Waals surface area contributed by atoms with Crippen LogP contribution in [0, 0.1) is 0 Å². The van der Waals surface area contributed by atoms with Crippen LogP contribution in [0.3, 0.4) is 0 Å². The largest absolute Gasteiger partial charge is 0.469 e. The highest BCUT2D eigenvalue weighted by Gasteiger charge is 2.36. The Balaban J connectivity index is 2.33. The minimum atomic E-state index is -1.12. The number of ether oxygens (including phenoxy) is 1. The van der Waals surface area contributed by atoms with E-state index in [4.69, 9.17) is 0 Å². The summed E-state index contributed by atoms with van der Waals surface area (Å²) in [5.74, 6) is -0.268. The van der Waals surface area contributed by atoms with Gasteiger partial charge < -0.3 is 9.84 Å². The fraction of sp³-hybridized carbons (Fsp3) is 0.579. The first-order chi connectivity index (χ1) is 11.0. The molecule has 0 heterocycles. The van der Waals surface area contributed by atoms with Gasteiger partial charge in [-0.3, -0.25) is 9.59 Å². The molecule has 0 saturated heterocycles. The van der Waals surface area contributed by atoms with Crippen molar-refractivity contribution in [3.63, 3.8) is 0 Å². The first-order valence-electron chi connectivity index (χ1n) is 8.43. The smallest absolute Gasteiger partial charge is 0.305 e. The second-order valence-corrected chi connectivity index (χ2v) is 5.88. The predicted octanol–water partition coefficient (Wildman–Crippen LogP) is 3.65. The molecule has 0 unspecified atom stereocenters. The van der Waals surface area contributed by atoms with Crippen LogP contribution in [0.2, 0.25) is 0 Å². The SMILES string of the molecule is CC/C=C/C=C1\C(=O)C=C[C@@]1(O)CCCCCCCC(=O)OC. The Hall–Kier alpha value is -1.68.